The molecule has 8 heteroatoms. The Morgan fingerprint density at radius 2 is 1.91 bits per heavy atom. The maximum Gasteiger partial charge on any atom is 0.425 e. The number of nitrogens with one attached hydrogen (secondary N) is 1. The van der Waals surface area contributed by atoms with Crippen molar-refractivity contribution in [2.75, 3.05) is 0 Å². The normalized spacial score (nSPS) is 16.2. The molecule has 0 radical (unpaired) electrons. The number of alkyl halides is 3. The van der Waals surface area contributed by atoms with Crippen LogP contribution in [0.2, 0.25) is 0 Å². The molecule has 2 aromatic rings. The third kappa shape index (κ3) is 3.52. The van der Waals surface area contributed by atoms with Crippen LogP contribution in [0.4, 0.5) is 17.6 Å². The summed E-state index contributed by atoms with van der Waals surface area (Å²) in [7, 11) is 0. The van der Waals surface area contributed by atoms with E-state index >= 15 is 0 Å². The van der Waals surface area contributed by atoms with Crippen molar-refractivity contribution in [2.45, 2.75) is 25.1 Å². The van der Waals surface area contributed by atoms with E-state index in [2.05, 4.69) is 14.9 Å². The summed E-state index contributed by atoms with van der Waals surface area (Å²) in [5.41, 5.74) is 0.655. The standard InChI is InChI=1S/C15H12F4N2O2/c16-10-5-3-8(4-6-10)11-7-12(21-20-11)14(22)23-13(9-1-2-9)15(17,18)19/h3-7,9,13H,1-2H2,(H,20,21). The van der Waals surface area contributed by atoms with Gasteiger partial charge in [0.2, 0.25) is 0 Å². The molecule has 3 rings (SSSR count). The molecule has 4 nitrogen and oxygen atoms in total. The molecule has 1 atom stereocenters. The Labute approximate surface area is 128 Å². The van der Waals surface area contributed by atoms with Gasteiger partial charge in [-0.05, 0) is 43.2 Å². The number of carbonyl (C=O) groups is 1. The number of hydrogen-bond donors (Lipinski definition) is 1. The summed E-state index contributed by atoms with van der Waals surface area (Å²) in [5, 5.41) is 6.19. The van der Waals surface area contributed by atoms with Gasteiger partial charge in [-0.15, -0.1) is 0 Å². The molecule has 1 saturated carbocycles. The highest BCUT2D eigenvalue weighted by Crippen LogP contribution is 2.42. The van der Waals surface area contributed by atoms with Gasteiger partial charge in [0.15, 0.2) is 6.10 Å². The average Bonchev–Trinajstić information content (AvgIpc) is 3.19. The van der Waals surface area contributed by atoms with Gasteiger partial charge in [0.1, 0.15) is 11.5 Å². The van der Waals surface area contributed by atoms with E-state index in [0.29, 0.717) is 24.1 Å². The number of aromatic nitrogens is 2. The van der Waals surface area contributed by atoms with Crippen LogP contribution in [0.3, 0.4) is 0 Å². The van der Waals surface area contributed by atoms with Gasteiger partial charge in [-0.3, -0.25) is 5.10 Å². The van der Waals surface area contributed by atoms with E-state index in [4.69, 9.17) is 0 Å². The first-order valence-corrected chi connectivity index (χ1v) is 6.93. The highest BCUT2D eigenvalue weighted by atomic mass is 19.4. The Morgan fingerprint density at radius 3 is 2.48 bits per heavy atom. The van der Waals surface area contributed by atoms with Crippen LogP contribution < -0.4 is 0 Å². The summed E-state index contributed by atoms with van der Waals surface area (Å²) >= 11 is 0. The summed E-state index contributed by atoms with van der Waals surface area (Å²) in [6.07, 6.45) is -5.90. The lowest BCUT2D eigenvalue weighted by molar-refractivity contribution is -0.210. The number of esters is 1. The Hall–Kier alpha value is -2.38. The maximum absolute atomic E-state index is 12.9. The van der Waals surface area contributed by atoms with E-state index < -0.39 is 30.0 Å². The maximum atomic E-state index is 12.9. The number of benzene rings is 1. The Balaban J connectivity index is 1.74. The zero-order chi connectivity index (χ0) is 16.6. The lowest BCUT2D eigenvalue weighted by Gasteiger charge is -2.19. The van der Waals surface area contributed by atoms with Crippen LogP contribution >= 0.6 is 0 Å². The van der Waals surface area contributed by atoms with Gasteiger partial charge < -0.3 is 4.74 Å². The minimum absolute atomic E-state index is 0.181. The molecule has 1 heterocycles. The minimum atomic E-state index is -4.59. The fourth-order valence-electron chi connectivity index (χ4n) is 2.20. The van der Waals surface area contributed by atoms with E-state index in [-0.39, 0.29) is 5.69 Å². The summed E-state index contributed by atoms with van der Waals surface area (Å²) in [6.45, 7) is 0. The van der Waals surface area contributed by atoms with E-state index in [1.807, 2.05) is 0 Å². The molecular formula is C15H12F4N2O2. The van der Waals surface area contributed by atoms with Gasteiger partial charge in [0, 0.05) is 11.5 Å². The topological polar surface area (TPSA) is 55.0 Å². The number of hydrogen-bond acceptors (Lipinski definition) is 3. The van der Waals surface area contributed by atoms with Crippen molar-refractivity contribution in [3.05, 3.63) is 41.8 Å². The van der Waals surface area contributed by atoms with Crippen LogP contribution in [-0.2, 0) is 4.74 Å². The SMILES string of the molecule is O=C(OC(C1CC1)C(F)(F)F)c1cc(-c2ccc(F)cc2)n[nH]1. The van der Waals surface area contributed by atoms with E-state index in [1.54, 1.807) is 0 Å². The van der Waals surface area contributed by atoms with E-state index in [9.17, 15) is 22.4 Å². The van der Waals surface area contributed by atoms with Crippen molar-refractivity contribution in [2.24, 2.45) is 5.92 Å². The summed E-state index contributed by atoms with van der Waals surface area (Å²) in [4.78, 5) is 11.9. The number of rotatable bonds is 4. The monoisotopic (exact) mass is 328 g/mol. The molecule has 1 N–H and O–H groups in total. The molecule has 0 bridgehead atoms. The largest absolute Gasteiger partial charge is 0.448 e. The number of ether oxygens (including phenoxy) is 1. The molecule has 1 aromatic heterocycles. The number of carbonyl (C=O) groups excluding carboxylic acids is 1. The smallest absolute Gasteiger partial charge is 0.425 e. The summed E-state index contributed by atoms with van der Waals surface area (Å²) in [6, 6.07) is 6.60. The molecule has 122 valence electrons. The molecule has 0 amide bonds. The van der Waals surface area contributed by atoms with Gasteiger partial charge in [-0.1, -0.05) is 0 Å². The second-order valence-electron chi connectivity index (χ2n) is 5.38. The quantitative estimate of drug-likeness (QED) is 0.687. The fourth-order valence-corrected chi connectivity index (χ4v) is 2.20. The molecule has 1 unspecified atom stereocenters. The lowest BCUT2D eigenvalue weighted by atomic mass is 10.1. The van der Waals surface area contributed by atoms with E-state index in [1.165, 1.54) is 30.3 Å². The van der Waals surface area contributed by atoms with Crippen LogP contribution in [0, 0.1) is 11.7 Å². The highest BCUT2D eigenvalue weighted by Gasteiger charge is 2.52. The van der Waals surface area contributed by atoms with Gasteiger partial charge in [-0.2, -0.15) is 18.3 Å². The van der Waals surface area contributed by atoms with Gasteiger partial charge in [-0.25, -0.2) is 9.18 Å². The Kier molecular flexibility index (Phi) is 3.83. The zero-order valence-electron chi connectivity index (χ0n) is 11.7. The number of halogens is 4. The van der Waals surface area contributed by atoms with Crippen molar-refractivity contribution < 1.29 is 27.1 Å². The molecule has 1 aliphatic carbocycles. The fraction of sp³-hybridized carbons (Fsp3) is 0.333. The van der Waals surface area contributed by atoms with Crippen LogP contribution in [0.5, 0.6) is 0 Å². The average molecular weight is 328 g/mol. The number of aromatic amines is 1. The minimum Gasteiger partial charge on any atom is -0.448 e. The Morgan fingerprint density at radius 1 is 1.26 bits per heavy atom. The number of nitrogens with zero attached hydrogens (tertiary/aromatic N) is 1. The molecular weight excluding hydrogens is 316 g/mol. The molecule has 1 fully saturated rings. The predicted octanol–water partition coefficient (Wildman–Crippen LogP) is 3.71. The summed E-state index contributed by atoms with van der Waals surface area (Å²) < 4.78 is 56.0. The second kappa shape index (κ2) is 5.68. The van der Waals surface area contributed by atoms with Gasteiger partial charge in [0.25, 0.3) is 0 Å². The van der Waals surface area contributed by atoms with E-state index in [0.717, 1.165) is 0 Å². The summed E-state index contributed by atoms with van der Waals surface area (Å²) in [5.74, 6) is -2.21. The lowest BCUT2D eigenvalue weighted by Crippen LogP contribution is -2.35. The molecule has 1 aromatic carbocycles. The predicted molar refractivity (Wildman–Crippen MR) is 72.0 cm³/mol. The molecule has 1 aliphatic rings. The van der Waals surface area contributed by atoms with Crippen molar-refractivity contribution in [3.8, 4) is 11.3 Å². The van der Waals surface area contributed by atoms with Crippen LogP contribution in [0.15, 0.2) is 30.3 Å². The molecule has 0 saturated heterocycles. The zero-order valence-corrected chi connectivity index (χ0v) is 11.7. The van der Waals surface area contributed by atoms with Crippen LogP contribution in [-0.4, -0.2) is 28.4 Å². The first-order chi connectivity index (χ1) is 10.8. The van der Waals surface area contributed by atoms with Crippen molar-refractivity contribution >= 4 is 5.97 Å². The van der Waals surface area contributed by atoms with Crippen molar-refractivity contribution in [1.29, 1.82) is 0 Å². The van der Waals surface area contributed by atoms with Gasteiger partial charge >= 0.3 is 12.1 Å². The first kappa shape index (κ1) is 15.5. The van der Waals surface area contributed by atoms with Gasteiger partial charge in [0.05, 0.1) is 5.69 Å². The van der Waals surface area contributed by atoms with Crippen LogP contribution in [0.25, 0.3) is 11.3 Å². The van der Waals surface area contributed by atoms with Crippen molar-refractivity contribution in [3.63, 3.8) is 0 Å². The van der Waals surface area contributed by atoms with Crippen LogP contribution in [0.1, 0.15) is 23.3 Å². The third-order valence-electron chi connectivity index (χ3n) is 3.54. The molecule has 0 aliphatic heterocycles. The first-order valence-electron chi connectivity index (χ1n) is 6.93. The molecule has 23 heavy (non-hydrogen) atoms. The third-order valence-corrected chi connectivity index (χ3v) is 3.54. The highest BCUT2D eigenvalue weighted by molar-refractivity contribution is 5.88. The second-order valence-corrected chi connectivity index (χ2v) is 5.38. The molecule has 0 spiro atoms. The Bertz CT molecular complexity index is 705. The number of H-pyrrole nitrogens is 1. The van der Waals surface area contributed by atoms with Crippen molar-refractivity contribution in [1.82, 2.24) is 10.2 Å².